The molecule has 7 heteroatoms. The second-order valence-electron chi connectivity index (χ2n) is 5.14. The van der Waals surface area contributed by atoms with Crippen LogP contribution in [0.3, 0.4) is 0 Å². The highest BCUT2D eigenvalue weighted by Crippen LogP contribution is 2.26. The fourth-order valence-corrected chi connectivity index (χ4v) is 2.34. The van der Waals surface area contributed by atoms with Gasteiger partial charge in [0.05, 0.1) is 10.7 Å². The molecule has 1 aromatic rings. The molecule has 0 aromatic carbocycles. The number of carbonyl (C=O) groups excluding carboxylic acids is 1. The van der Waals surface area contributed by atoms with Gasteiger partial charge in [-0.2, -0.15) is 0 Å². The summed E-state index contributed by atoms with van der Waals surface area (Å²) in [4.78, 5) is 14.9. The lowest BCUT2D eigenvalue weighted by Gasteiger charge is -2.20. The van der Waals surface area contributed by atoms with Crippen LogP contribution in [0.25, 0.3) is 0 Å². The highest BCUT2D eigenvalue weighted by atomic mass is 32.1. The Balaban J connectivity index is 2.85. The van der Waals surface area contributed by atoms with Crippen LogP contribution in [0.1, 0.15) is 42.6 Å². The van der Waals surface area contributed by atoms with Gasteiger partial charge in [-0.15, -0.1) is 5.10 Å². The Morgan fingerprint density at radius 1 is 1.50 bits per heavy atom. The van der Waals surface area contributed by atoms with E-state index in [1.807, 2.05) is 20.8 Å². The molecular formula is C11H18N4OS2. The minimum absolute atomic E-state index is 0.0776. The Morgan fingerprint density at radius 3 is 2.61 bits per heavy atom. The van der Waals surface area contributed by atoms with Crippen LogP contribution in [0.4, 0.5) is 0 Å². The summed E-state index contributed by atoms with van der Waals surface area (Å²) in [5, 5.41) is 4.06. The van der Waals surface area contributed by atoms with E-state index in [0.29, 0.717) is 22.8 Å². The van der Waals surface area contributed by atoms with Crippen molar-refractivity contribution in [3.05, 3.63) is 10.6 Å². The maximum Gasteiger partial charge on any atom is 0.267 e. The van der Waals surface area contributed by atoms with E-state index in [4.69, 9.17) is 18.0 Å². The summed E-state index contributed by atoms with van der Waals surface area (Å²) in [6.07, 6.45) is 0.522. The zero-order chi connectivity index (χ0) is 13.9. The third-order valence-electron chi connectivity index (χ3n) is 2.43. The number of amides is 1. The van der Waals surface area contributed by atoms with Crippen molar-refractivity contribution in [1.29, 1.82) is 0 Å². The third kappa shape index (κ3) is 3.71. The monoisotopic (exact) mass is 286 g/mol. The lowest BCUT2D eigenvalue weighted by atomic mass is 9.91. The third-order valence-corrected chi connectivity index (χ3v) is 3.35. The fourth-order valence-electron chi connectivity index (χ4n) is 1.37. The van der Waals surface area contributed by atoms with Crippen molar-refractivity contribution in [2.75, 3.05) is 13.6 Å². The summed E-state index contributed by atoms with van der Waals surface area (Å²) >= 11 is 5.93. The highest BCUT2D eigenvalue weighted by molar-refractivity contribution is 7.80. The SMILES string of the molecule is CN(CCC(N)=S)C(=O)c1snnc1C(C)(C)C. The number of nitrogens with zero attached hydrogens (tertiary/aromatic N) is 3. The molecular weight excluding hydrogens is 268 g/mol. The molecule has 0 aliphatic rings. The van der Waals surface area contributed by atoms with Gasteiger partial charge >= 0.3 is 0 Å². The van der Waals surface area contributed by atoms with E-state index in [2.05, 4.69) is 9.59 Å². The zero-order valence-corrected chi connectivity index (χ0v) is 12.7. The van der Waals surface area contributed by atoms with E-state index in [0.717, 1.165) is 17.2 Å². The molecule has 1 heterocycles. The lowest BCUT2D eigenvalue weighted by molar-refractivity contribution is 0.0801. The summed E-state index contributed by atoms with van der Waals surface area (Å²) < 4.78 is 3.88. The predicted molar refractivity (Wildman–Crippen MR) is 77.0 cm³/mol. The van der Waals surface area contributed by atoms with Crippen molar-refractivity contribution in [3.63, 3.8) is 0 Å². The van der Waals surface area contributed by atoms with Crippen molar-refractivity contribution >= 4 is 34.6 Å². The lowest BCUT2D eigenvalue weighted by Crippen LogP contribution is -2.31. The van der Waals surface area contributed by atoms with Crippen LogP contribution in [0.2, 0.25) is 0 Å². The van der Waals surface area contributed by atoms with E-state index in [1.54, 1.807) is 11.9 Å². The van der Waals surface area contributed by atoms with Gasteiger partial charge in [-0.1, -0.05) is 37.5 Å². The molecule has 0 fully saturated rings. The highest BCUT2D eigenvalue weighted by Gasteiger charge is 2.27. The van der Waals surface area contributed by atoms with E-state index in [1.165, 1.54) is 0 Å². The average molecular weight is 286 g/mol. The molecule has 0 saturated carbocycles. The van der Waals surface area contributed by atoms with Crippen LogP contribution >= 0.6 is 23.8 Å². The molecule has 0 bridgehead atoms. The maximum atomic E-state index is 12.3. The van der Waals surface area contributed by atoms with Crippen LogP contribution in [-0.2, 0) is 5.41 Å². The molecule has 1 aromatic heterocycles. The standard InChI is InChI=1S/C11H18N4OS2/c1-11(2,3)9-8(18-14-13-9)10(16)15(4)6-5-7(12)17/h5-6H2,1-4H3,(H2,12,17). The van der Waals surface area contributed by atoms with Crippen molar-refractivity contribution in [2.45, 2.75) is 32.6 Å². The summed E-state index contributed by atoms with van der Waals surface area (Å²) in [5.41, 5.74) is 5.97. The average Bonchev–Trinajstić information content (AvgIpc) is 2.72. The van der Waals surface area contributed by atoms with Crippen LogP contribution in [0.5, 0.6) is 0 Å². The van der Waals surface area contributed by atoms with Crippen molar-refractivity contribution in [2.24, 2.45) is 5.73 Å². The van der Waals surface area contributed by atoms with Gasteiger partial charge in [0.2, 0.25) is 0 Å². The molecule has 0 radical (unpaired) electrons. The predicted octanol–water partition coefficient (Wildman–Crippen LogP) is 1.58. The van der Waals surface area contributed by atoms with Gasteiger partial charge in [0.25, 0.3) is 5.91 Å². The summed E-state index contributed by atoms with van der Waals surface area (Å²) in [7, 11) is 1.73. The van der Waals surface area contributed by atoms with Crippen LogP contribution in [-0.4, -0.2) is 39.0 Å². The molecule has 0 aliphatic heterocycles. The number of nitrogens with two attached hydrogens (primary N) is 1. The Bertz CT molecular complexity index is 450. The number of rotatable bonds is 4. The Kier molecular flexibility index (Phi) is 4.75. The van der Waals surface area contributed by atoms with Crippen molar-refractivity contribution < 1.29 is 4.79 Å². The quantitative estimate of drug-likeness (QED) is 0.851. The summed E-state index contributed by atoms with van der Waals surface area (Å²) in [5.74, 6) is -0.0776. The first-order valence-electron chi connectivity index (χ1n) is 5.60. The Labute approximate surface area is 117 Å². The molecule has 0 saturated heterocycles. The molecule has 1 amide bonds. The van der Waals surface area contributed by atoms with E-state index in [9.17, 15) is 4.79 Å². The van der Waals surface area contributed by atoms with E-state index in [-0.39, 0.29) is 11.3 Å². The van der Waals surface area contributed by atoms with Crippen molar-refractivity contribution in [1.82, 2.24) is 14.5 Å². The van der Waals surface area contributed by atoms with Gasteiger partial charge in [0.1, 0.15) is 4.88 Å². The van der Waals surface area contributed by atoms with Crippen LogP contribution in [0.15, 0.2) is 0 Å². The largest absolute Gasteiger partial charge is 0.393 e. The van der Waals surface area contributed by atoms with E-state index < -0.39 is 0 Å². The summed E-state index contributed by atoms with van der Waals surface area (Å²) in [6, 6.07) is 0. The Hall–Kier alpha value is -1.08. The van der Waals surface area contributed by atoms with Gasteiger partial charge in [-0.3, -0.25) is 4.79 Å². The second kappa shape index (κ2) is 5.71. The zero-order valence-electron chi connectivity index (χ0n) is 11.1. The van der Waals surface area contributed by atoms with Gasteiger partial charge in [0.15, 0.2) is 0 Å². The second-order valence-corrected chi connectivity index (χ2v) is 6.42. The van der Waals surface area contributed by atoms with Gasteiger partial charge in [-0.05, 0) is 11.5 Å². The molecule has 0 aliphatic carbocycles. The number of aromatic nitrogens is 2. The first-order chi connectivity index (χ1) is 8.23. The van der Waals surface area contributed by atoms with Crippen molar-refractivity contribution in [3.8, 4) is 0 Å². The normalized spacial score (nSPS) is 11.3. The van der Waals surface area contributed by atoms with Crippen LogP contribution < -0.4 is 5.73 Å². The topological polar surface area (TPSA) is 72.1 Å². The number of hydrogen-bond donors (Lipinski definition) is 1. The molecule has 0 unspecified atom stereocenters. The molecule has 2 N–H and O–H groups in total. The minimum atomic E-state index is -0.192. The smallest absolute Gasteiger partial charge is 0.267 e. The molecule has 0 atom stereocenters. The van der Waals surface area contributed by atoms with Gasteiger partial charge in [-0.25, -0.2) is 0 Å². The van der Waals surface area contributed by atoms with Gasteiger partial charge < -0.3 is 10.6 Å². The number of hydrogen-bond acceptors (Lipinski definition) is 5. The molecule has 5 nitrogen and oxygen atoms in total. The Morgan fingerprint density at radius 2 is 2.11 bits per heavy atom. The molecule has 18 heavy (non-hydrogen) atoms. The molecule has 0 spiro atoms. The number of carbonyl (C=O) groups is 1. The maximum absolute atomic E-state index is 12.3. The van der Waals surface area contributed by atoms with Gasteiger partial charge in [0, 0.05) is 25.4 Å². The molecule has 1 rings (SSSR count). The number of thiocarbonyl (C=S) groups is 1. The fraction of sp³-hybridized carbons (Fsp3) is 0.636. The van der Waals surface area contributed by atoms with Crippen LogP contribution in [0, 0.1) is 0 Å². The minimum Gasteiger partial charge on any atom is -0.393 e. The van der Waals surface area contributed by atoms with E-state index >= 15 is 0 Å². The molecule has 100 valence electrons. The first kappa shape index (κ1) is 15.0. The summed E-state index contributed by atoms with van der Waals surface area (Å²) in [6.45, 7) is 6.54. The first-order valence-corrected chi connectivity index (χ1v) is 6.78.